The predicted molar refractivity (Wildman–Crippen MR) is 84.8 cm³/mol. The number of hydrogen-bond acceptors (Lipinski definition) is 2. The van der Waals surface area contributed by atoms with E-state index in [-0.39, 0.29) is 0 Å². The third kappa shape index (κ3) is 3.24. The fraction of sp³-hybridized carbons (Fsp3) is 0.667. The molecule has 1 aromatic carbocycles. The smallest absolute Gasteiger partial charge is 0.0294 e. The van der Waals surface area contributed by atoms with Crippen molar-refractivity contribution in [3.8, 4) is 0 Å². The molecule has 3 rings (SSSR count). The minimum atomic E-state index is 0.461. The van der Waals surface area contributed by atoms with E-state index in [1.54, 1.807) is 0 Å². The van der Waals surface area contributed by atoms with E-state index in [9.17, 15) is 0 Å². The quantitative estimate of drug-likeness (QED) is 0.874. The minimum Gasteiger partial charge on any atom is -0.314 e. The average molecular weight is 272 g/mol. The van der Waals surface area contributed by atoms with Gasteiger partial charge in [0.25, 0.3) is 0 Å². The normalized spacial score (nSPS) is 32.1. The van der Waals surface area contributed by atoms with E-state index in [0.29, 0.717) is 12.1 Å². The van der Waals surface area contributed by atoms with Gasteiger partial charge in [-0.3, -0.25) is 0 Å². The van der Waals surface area contributed by atoms with E-state index in [1.165, 1.54) is 50.6 Å². The molecule has 2 N–H and O–H groups in total. The molecule has 1 saturated carbocycles. The van der Waals surface area contributed by atoms with Gasteiger partial charge in [0.15, 0.2) is 0 Å². The predicted octanol–water partition coefficient (Wildman–Crippen LogP) is 3.65. The molecular weight excluding hydrogens is 244 g/mol. The van der Waals surface area contributed by atoms with Crippen LogP contribution in [0, 0.1) is 5.92 Å². The lowest BCUT2D eigenvalue weighted by molar-refractivity contribution is 0.203. The molecule has 1 aromatic rings. The summed E-state index contributed by atoms with van der Waals surface area (Å²) in [6.45, 7) is 3.53. The molecule has 1 saturated heterocycles. The molecule has 110 valence electrons. The summed E-state index contributed by atoms with van der Waals surface area (Å²) >= 11 is 0. The van der Waals surface area contributed by atoms with E-state index >= 15 is 0 Å². The Morgan fingerprint density at radius 1 is 1.05 bits per heavy atom. The van der Waals surface area contributed by atoms with Crippen LogP contribution in [-0.4, -0.2) is 18.6 Å². The van der Waals surface area contributed by atoms with Gasteiger partial charge in [-0.05, 0) is 50.6 Å². The van der Waals surface area contributed by atoms with Gasteiger partial charge in [-0.25, -0.2) is 0 Å². The second-order valence-corrected chi connectivity index (χ2v) is 6.56. The van der Waals surface area contributed by atoms with E-state index < -0.39 is 0 Å². The molecule has 4 unspecified atom stereocenters. The molecule has 1 aliphatic carbocycles. The van der Waals surface area contributed by atoms with Gasteiger partial charge in [0.1, 0.15) is 0 Å². The van der Waals surface area contributed by atoms with Gasteiger partial charge in [0.2, 0.25) is 0 Å². The highest BCUT2D eigenvalue weighted by Crippen LogP contribution is 2.32. The number of rotatable bonds is 4. The Bertz CT molecular complexity index is 397. The monoisotopic (exact) mass is 272 g/mol. The summed E-state index contributed by atoms with van der Waals surface area (Å²) in [4.78, 5) is 0. The lowest BCUT2D eigenvalue weighted by Gasteiger charge is -2.38. The van der Waals surface area contributed by atoms with Crippen LogP contribution in [0.4, 0.5) is 0 Å². The Morgan fingerprint density at radius 2 is 1.85 bits per heavy atom. The van der Waals surface area contributed by atoms with Crippen LogP contribution in [-0.2, 0) is 0 Å². The fourth-order valence-corrected chi connectivity index (χ4v) is 4.08. The molecule has 1 heterocycles. The van der Waals surface area contributed by atoms with Gasteiger partial charge in [-0.1, -0.05) is 43.2 Å². The van der Waals surface area contributed by atoms with Crippen molar-refractivity contribution in [2.24, 2.45) is 5.92 Å². The van der Waals surface area contributed by atoms with Crippen molar-refractivity contribution in [1.82, 2.24) is 10.6 Å². The van der Waals surface area contributed by atoms with Crippen LogP contribution in [0.3, 0.4) is 0 Å². The maximum Gasteiger partial charge on any atom is 0.0294 e. The Labute approximate surface area is 123 Å². The first-order valence-corrected chi connectivity index (χ1v) is 8.39. The summed E-state index contributed by atoms with van der Waals surface area (Å²) < 4.78 is 0. The van der Waals surface area contributed by atoms with Crippen LogP contribution in [0.2, 0.25) is 0 Å². The Hall–Kier alpha value is -0.860. The first-order valence-electron chi connectivity index (χ1n) is 8.39. The van der Waals surface area contributed by atoms with Crippen molar-refractivity contribution in [3.05, 3.63) is 35.9 Å². The lowest BCUT2D eigenvalue weighted by Crippen LogP contribution is -2.47. The SMILES string of the molecule is CC(NC1CCCCC1C1CCCN1)c1ccccc1. The van der Waals surface area contributed by atoms with Gasteiger partial charge >= 0.3 is 0 Å². The Morgan fingerprint density at radius 3 is 2.60 bits per heavy atom. The summed E-state index contributed by atoms with van der Waals surface area (Å²) in [7, 11) is 0. The minimum absolute atomic E-state index is 0.461. The van der Waals surface area contributed by atoms with E-state index in [4.69, 9.17) is 0 Å². The van der Waals surface area contributed by atoms with Gasteiger partial charge in [0.05, 0.1) is 0 Å². The van der Waals surface area contributed by atoms with Crippen LogP contribution in [0.25, 0.3) is 0 Å². The molecule has 2 heteroatoms. The Kier molecular flexibility index (Phi) is 4.74. The van der Waals surface area contributed by atoms with Crippen LogP contribution >= 0.6 is 0 Å². The lowest BCUT2D eigenvalue weighted by atomic mass is 9.79. The zero-order valence-electron chi connectivity index (χ0n) is 12.6. The first-order chi connectivity index (χ1) is 9.84. The van der Waals surface area contributed by atoms with Gasteiger partial charge < -0.3 is 10.6 Å². The van der Waals surface area contributed by atoms with Crippen LogP contribution in [0.5, 0.6) is 0 Å². The Balaban J connectivity index is 1.64. The molecule has 2 nitrogen and oxygen atoms in total. The average Bonchev–Trinajstić information content (AvgIpc) is 3.03. The molecule has 4 atom stereocenters. The highest BCUT2D eigenvalue weighted by Gasteiger charge is 2.33. The number of benzene rings is 1. The number of hydrogen-bond donors (Lipinski definition) is 2. The zero-order chi connectivity index (χ0) is 13.8. The molecular formula is C18H28N2. The van der Waals surface area contributed by atoms with Crippen molar-refractivity contribution >= 4 is 0 Å². The fourth-order valence-electron chi connectivity index (χ4n) is 4.08. The molecule has 2 fully saturated rings. The van der Waals surface area contributed by atoms with Crippen molar-refractivity contribution in [1.29, 1.82) is 0 Å². The molecule has 0 bridgehead atoms. The summed E-state index contributed by atoms with van der Waals surface area (Å²) in [5, 5.41) is 7.65. The summed E-state index contributed by atoms with van der Waals surface area (Å²) in [5.74, 6) is 0.831. The summed E-state index contributed by atoms with van der Waals surface area (Å²) in [5.41, 5.74) is 1.41. The molecule has 0 aromatic heterocycles. The van der Waals surface area contributed by atoms with Crippen molar-refractivity contribution in [3.63, 3.8) is 0 Å². The van der Waals surface area contributed by atoms with Crippen LogP contribution in [0.15, 0.2) is 30.3 Å². The van der Waals surface area contributed by atoms with Crippen molar-refractivity contribution in [2.45, 2.75) is 63.6 Å². The number of nitrogens with one attached hydrogen (secondary N) is 2. The zero-order valence-corrected chi connectivity index (χ0v) is 12.6. The largest absolute Gasteiger partial charge is 0.314 e. The summed E-state index contributed by atoms with van der Waals surface area (Å²) in [6, 6.07) is 12.8. The van der Waals surface area contributed by atoms with E-state index in [1.807, 2.05) is 0 Å². The molecule has 0 radical (unpaired) electrons. The summed E-state index contributed by atoms with van der Waals surface area (Å²) in [6.07, 6.45) is 8.30. The second kappa shape index (κ2) is 6.73. The van der Waals surface area contributed by atoms with E-state index in [2.05, 4.69) is 47.9 Å². The van der Waals surface area contributed by atoms with Crippen molar-refractivity contribution < 1.29 is 0 Å². The molecule has 1 aliphatic heterocycles. The van der Waals surface area contributed by atoms with Crippen molar-refractivity contribution in [2.75, 3.05) is 6.54 Å². The van der Waals surface area contributed by atoms with Gasteiger partial charge in [-0.15, -0.1) is 0 Å². The first kappa shape index (κ1) is 14.1. The highest BCUT2D eigenvalue weighted by molar-refractivity contribution is 5.18. The van der Waals surface area contributed by atoms with Crippen LogP contribution < -0.4 is 10.6 Å². The van der Waals surface area contributed by atoms with E-state index in [0.717, 1.165) is 12.0 Å². The maximum atomic E-state index is 3.92. The standard InChI is InChI=1S/C18H28N2/c1-14(15-8-3-2-4-9-15)20-18-11-6-5-10-16(18)17-12-7-13-19-17/h2-4,8-9,14,16-20H,5-7,10-13H2,1H3. The second-order valence-electron chi connectivity index (χ2n) is 6.56. The molecule has 20 heavy (non-hydrogen) atoms. The topological polar surface area (TPSA) is 24.1 Å². The molecule has 0 amide bonds. The van der Waals surface area contributed by atoms with Gasteiger partial charge in [0, 0.05) is 18.1 Å². The maximum absolute atomic E-state index is 3.92. The molecule has 0 spiro atoms. The van der Waals surface area contributed by atoms with Gasteiger partial charge in [-0.2, -0.15) is 0 Å². The molecule has 2 aliphatic rings. The third-order valence-corrected chi connectivity index (χ3v) is 5.20. The highest BCUT2D eigenvalue weighted by atomic mass is 15.0. The third-order valence-electron chi connectivity index (χ3n) is 5.20. The van der Waals surface area contributed by atoms with Crippen LogP contribution in [0.1, 0.15) is 57.1 Å².